The molecular weight excluding hydrogens is 288 g/mol. The number of aliphatic imine (C=N–C) groups is 1. The van der Waals surface area contributed by atoms with Gasteiger partial charge in [0.15, 0.2) is 5.75 Å². The highest BCUT2D eigenvalue weighted by molar-refractivity contribution is 5.96. The number of rotatable bonds is 4. The van der Waals surface area contributed by atoms with E-state index in [9.17, 15) is 20.0 Å². The molecule has 7 nitrogen and oxygen atoms in total. The van der Waals surface area contributed by atoms with Crippen LogP contribution in [0.3, 0.4) is 0 Å². The van der Waals surface area contributed by atoms with E-state index in [1.165, 1.54) is 31.5 Å². The van der Waals surface area contributed by atoms with Crippen molar-refractivity contribution in [2.45, 2.75) is 0 Å². The molecule has 0 aliphatic rings. The molecule has 0 atom stereocenters. The van der Waals surface area contributed by atoms with Gasteiger partial charge < -0.3 is 9.84 Å². The Hall–Kier alpha value is -3.22. The van der Waals surface area contributed by atoms with Crippen molar-refractivity contribution in [2.24, 2.45) is 4.99 Å². The molecule has 0 heterocycles. The van der Waals surface area contributed by atoms with Gasteiger partial charge in [-0.2, -0.15) is 0 Å². The van der Waals surface area contributed by atoms with Crippen molar-refractivity contribution in [3.05, 3.63) is 63.7 Å². The van der Waals surface area contributed by atoms with Gasteiger partial charge in [-0.3, -0.25) is 15.1 Å². The van der Waals surface area contributed by atoms with Crippen LogP contribution in [-0.2, 0) is 4.74 Å². The minimum absolute atomic E-state index is 0.287. The number of phenolic OH excluding ortho intramolecular Hbond substituents is 1. The number of nitro groups is 1. The van der Waals surface area contributed by atoms with E-state index in [4.69, 9.17) is 0 Å². The molecular formula is C15H12N2O5. The average molecular weight is 300 g/mol. The first kappa shape index (κ1) is 15.2. The van der Waals surface area contributed by atoms with Crippen molar-refractivity contribution >= 4 is 23.6 Å². The van der Waals surface area contributed by atoms with E-state index in [-0.39, 0.29) is 5.56 Å². The van der Waals surface area contributed by atoms with E-state index in [1.807, 2.05) is 0 Å². The van der Waals surface area contributed by atoms with Crippen molar-refractivity contribution in [3.63, 3.8) is 0 Å². The van der Waals surface area contributed by atoms with Crippen molar-refractivity contribution in [1.29, 1.82) is 0 Å². The molecule has 1 N–H and O–H groups in total. The van der Waals surface area contributed by atoms with Gasteiger partial charge in [0.2, 0.25) is 0 Å². The molecule has 0 aliphatic heterocycles. The van der Waals surface area contributed by atoms with E-state index in [2.05, 4.69) is 9.73 Å². The number of nitrogens with zero attached hydrogens (tertiary/aromatic N) is 2. The molecule has 2 rings (SSSR count). The van der Waals surface area contributed by atoms with Crippen molar-refractivity contribution in [2.75, 3.05) is 7.11 Å². The molecule has 0 amide bonds. The van der Waals surface area contributed by atoms with Crippen LogP contribution in [0.2, 0.25) is 0 Å². The van der Waals surface area contributed by atoms with Gasteiger partial charge in [-0.15, -0.1) is 0 Å². The van der Waals surface area contributed by atoms with E-state index in [1.54, 1.807) is 24.3 Å². The summed E-state index contributed by atoms with van der Waals surface area (Å²) >= 11 is 0. The van der Waals surface area contributed by atoms with Crippen molar-refractivity contribution in [1.82, 2.24) is 0 Å². The molecule has 2 aromatic rings. The Labute approximate surface area is 125 Å². The van der Waals surface area contributed by atoms with E-state index in [0.29, 0.717) is 11.3 Å². The number of aromatic hydroxyl groups is 1. The smallest absolute Gasteiger partial charge is 0.340 e. The summed E-state index contributed by atoms with van der Waals surface area (Å²) in [4.78, 5) is 25.8. The topological polar surface area (TPSA) is 102 Å². The van der Waals surface area contributed by atoms with Crippen LogP contribution in [0.25, 0.3) is 0 Å². The van der Waals surface area contributed by atoms with Crippen LogP contribution < -0.4 is 0 Å². The van der Waals surface area contributed by atoms with Gasteiger partial charge in [0.1, 0.15) is 0 Å². The third-order valence-electron chi connectivity index (χ3n) is 2.86. The summed E-state index contributed by atoms with van der Waals surface area (Å²) in [6, 6.07) is 10.5. The molecule has 0 spiro atoms. The highest BCUT2D eigenvalue weighted by Crippen LogP contribution is 2.26. The van der Waals surface area contributed by atoms with Gasteiger partial charge >= 0.3 is 11.7 Å². The number of para-hydroxylation sites is 1. The average Bonchev–Trinajstić information content (AvgIpc) is 2.53. The molecule has 22 heavy (non-hydrogen) atoms. The molecule has 0 saturated heterocycles. The maximum Gasteiger partial charge on any atom is 0.340 e. The highest BCUT2D eigenvalue weighted by Gasteiger charge is 2.13. The van der Waals surface area contributed by atoms with Crippen molar-refractivity contribution in [3.8, 4) is 5.75 Å². The number of hydrogen-bond donors (Lipinski definition) is 1. The third-order valence-corrected chi connectivity index (χ3v) is 2.86. The van der Waals surface area contributed by atoms with Crippen LogP contribution in [0, 0.1) is 10.1 Å². The predicted octanol–water partition coefficient (Wildman–Crippen LogP) is 2.84. The molecule has 0 unspecified atom stereocenters. The summed E-state index contributed by atoms with van der Waals surface area (Å²) in [6.45, 7) is 0. The lowest BCUT2D eigenvalue weighted by Crippen LogP contribution is -2.01. The monoisotopic (exact) mass is 300 g/mol. The summed E-state index contributed by atoms with van der Waals surface area (Å²) in [6.07, 6.45) is 1.37. The second kappa shape index (κ2) is 6.49. The first-order valence-electron chi connectivity index (χ1n) is 6.21. The lowest BCUT2D eigenvalue weighted by Gasteiger charge is -2.03. The zero-order chi connectivity index (χ0) is 16.1. The van der Waals surface area contributed by atoms with Crippen LogP contribution in [0.5, 0.6) is 5.75 Å². The zero-order valence-electron chi connectivity index (χ0n) is 11.6. The summed E-state index contributed by atoms with van der Waals surface area (Å²) in [7, 11) is 1.27. The molecule has 0 fully saturated rings. The van der Waals surface area contributed by atoms with Crippen LogP contribution in [0.1, 0.15) is 15.9 Å². The summed E-state index contributed by atoms with van der Waals surface area (Å²) < 4.78 is 4.66. The van der Waals surface area contributed by atoms with Gasteiger partial charge in [-0.1, -0.05) is 12.1 Å². The zero-order valence-corrected chi connectivity index (χ0v) is 11.6. The number of esters is 1. The third kappa shape index (κ3) is 3.26. The Bertz CT molecular complexity index is 755. The van der Waals surface area contributed by atoms with Crippen molar-refractivity contribution < 1.29 is 19.6 Å². The Morgan fingerprint density at radius 2 is 2.05 bits per heavy atom. The highest BCUT2D eigenvalue weighted by atomic mass is 16.6. The number of phenols is 1. The van der Waals surface area contributed by atoms with Gasteiger partial charge in [-0.25, -0.2) is 4.79 Å². The molecule has 112 valence electrons. The van der Waals surface area contributed by atoms with Crippen LogP contribution >= 0.6 is 0 Å². The predicted molar refractivity (Wildman–Crippen MR) is 79.8 cm³/mol. The number of ether oxygens (including phenoxy) is 1. The maximum atomic E-state index is 11.6. The molecule has 0 radical (unpaired) electrons. The summed E-state index contributed by atoms with van der Waals surface area (Å²) in [5.41, 5.74) is 0.675. The lowest BCUT2D eigenvalue weighted by atomic mass is 10.1. The number of carbonyl (C=O) groups is 1. The quantitative estimate of drug-likeness (QED) is 0.405. The molecule has 7 heteroatoms. The summed E-state index contributed by atoms with van der Waals surface area (Å²) in [5, 5.41) is 20.2. The standard InChI is InChI=1S/C15H12N2O5/c1-22-15(19)11-4-2-3-5-12(11)16-9-10-6-7-14(18)13(8-10)17(20)21/h2-9,18H,1H3. The fourth-order valence-electron chi connectivity index (χ4n) is 1.78. The first-order chi connectivity index (χ1) is 10.5. The largest absolute Gasteiger partial charge is 0.502 e. The molecule has 0 aliphatic carbocycles. The van der Waals surface area contributed by atoms with Gasteiger partial charge in [0, 0.05) is 12.3 Å². The number of hydrogen-bond acceptors (Lipinski definition) is 6. The van der Waals surface area contributed by atoms with E-state index >= 15 is 0 Å². The van der Waals surface area contributed by atoms with Crippen LogP contribution in [0.15, 0.2) is 47.5 Å². The second-order valence-electron chi connectivity index (χ2n) is 4.27. The second-order valence-corrected chi connectivity index (χ2v) is 4.27. The minimum Gasteiger partial charge on any atom is -0.502 e. The van der Waals surface area contributed by atoms with Crippen LogP contribution in [-0.4, -0.2) is 29.3 Å². The molecule has 2 aromatic carbocycles. The normalized spacial score (nSPS) is 10.6. The molecule has 0 aromatic heterocycles. The van der Waals surface area contributed by atoms with Crippen LogP contribution in [0.4, 0.5) is 11.4 Å². The lowest BCUT2D eigenvalue weighted by molar-refractivity contribution is -0.385. The SMILES string of the molecule is COC(=O)c1ccccc1N=Cc1ccc(O)c([N+](=O)[O-])c1. The number of nitro benzene ring substituents is 1. The van der Waals surface area contributed by atoms with Gasteiger partial charge in [0.25, 0.3) is 0 Å². The molecule has 0 saturated carbocycles. The molecule has 0 bridgehead atoms. The van der Waals surface area contributed by atoms with E-state index in [0.717, 1.165) is 0 Å². The fraction of sp³-hybridized carbons (Fsp3) is 0.0667. The Morgan fingerprint density at radius 3 is 2.73 bits per heavy atom. The van der Waals surface area contributed by atoms with Gasteiger partial charge in [0.05, 0.1) is 23.3 Å². The number of carbonyl (C=O) groups excluding carboxylic acids is 1. The Kier molecular flexibility index (Phi) is 4.47. The maximum absolute atomic E-state index is 11.6. The Morgan fingerprint density at radius 1 is 1.32 bits per heavy atom. The van der Waals surface area contributed by atoms with E-state index < -0.39 is 22.3 Å². The summed E-state index contributed by atoms with van der Waals surface area (Å²) in [5.74, 6) is -0.943. The Balaban J connectivity index is 2.36. The van der Waals surface area contributed by atoms with Gasteiger partial charge in [-0.05, 0) is 29.8 Å². The minimum atomic E-state index is -0.685. The first-order valence-corrected chi connectivity index (χ1v) is 6.21. The number of methoxy groups -OCH3 is 1. The fourth-order valence-corrected chi connectivity index (χ4v) is 1.78. The number of benzene rings is 2.